The van der Waals surface area contributed by atoms with E-state index in [1.807, 2.05) is 6.92 Å². The van der Waals surface area contributed by atoms with E-state index in [9.17, 15) is 28.0 Å². The zero-order valence-electron chi connectivity index (χ0n) is 23.9. The van der Waals surface area contributed by atoms with E-state index >= 15 is 0 Å². The summed E-state index contributed by atoms with van der Waals surface area (Å²) in [7, 11) is 1.46. The first kappa shape index (κ1) is 30.7. The number of fused-ring (bicyclic) bond motifs is 4. The first-order valence-corrected chi connectivity index (χ1v) is 13.8. The van der Waals surface area contributed by atoms with E-state index in [4.69, 9.17) is 14.3 Å². The van der Waals surface area contributed by atoms with Gasteiger partial charge in [0.2, 0.25) is 17.1 Å². The van der Waals surface area contributed by atoms with E-state index in [-0.39, 0.29) is 50.8 Å². The number of rotatable bonds is 6. The molecule has 42 heavy (non-hydrogen) atoms. The predicted octanol–water partition coefficient (Wildman–Crippen LogP) is 3.80. The number of carbonyl (C=O) groups is 3. The van der Waals surface area contributed by atoms with Crippen molar-refractivity contribution in [3.8, 4) is 5.75 Å². The van der Waals surface area contributed by atoms with Crippen molar-refractivity contribution in [2.75, 3.05) is 20.3 Å². The van der Waals surface area contributed by atoms with Crippen LogP contribution in [0.3, 0.4) is 0 Å². The van der Waals surface area contributed by atoms with Crippen molar-refractivity contribution in [2.45, 2.75) is 65.1 Å². The highest BCUT2D eigenvalue weighted by molar-refractivity contribution is 6.00. The number of pyridine rings is 1. The number of carbonyl (C=O) groups excluding carboxylic acids is 3. The largest absolute Gasteiger partial charge is 0.482 e. The number of methoxy groups -OCH3 is 1. The van der Waals surface area contributed by atoms with Crippen molar-refractivity contribution in [2.24, 2.45) is 11.1 Å². The molecule has 1 aromatic heterocycles. The van der Waals surface area contributed by atoms with E-state index in [0.29, 0.717) is 31.2 Å². The van der Waals surface area contributed by atoms with Crippen LogP contribution in [-0.4, -0.2) is 59.5 Å². The van der Waals surface area contributed by atoms with Gasteiger partial charge in [0, 0.05) is 57.6 Å². The third-order valence-electron chi connectivity index (χ3n) is 7.20. The standard InChI is InChI=1S/C29H34F2N4O7.H2/c1-16(2)11-24(36)42-27-25-29(39)34-14-20(7-8-23(40-4)33-41-10-9-17(34)3)35(25)15-21(26(27)37)28(38)32-13-18-5-6-19(30)12-22(18)31;/h5-6,12,15-17,20H,7-11,13-14H2,1-4H3,(H,32,38);1H/b33-23+;/t17-,20-;/m0./s1. The Hall–Kier alpha value is -4.29. The van der Waals surface area contributed by atoms with Gasteiger partial charge < -0.3 is 29.1 Å². The summed E-state index contributed by atoms with van der Waals surface area (Å²) < 4.78 is 39.8. The van der Waals surface area contributed by atoms with Crippen LogP contribution in [0.15, 0.2) is 34.3 Å². The summed E-state index contributed by atoms with van der Waals surface area (Å²) in [4.78, 5) is 60.6. The lowest BCUT2D eigenvalue weighted by molar-refractivity contribution is -0.135. The Morgan fingerprint density at radius 1 is 1.24 bits per heavy atom. The zero-order chi connectivity index (χ0) is 30.6. The molecule has 0 radical (unpaired) electrons. The van der Waals surface area contributed by atoms with Crippen molar-refractivity contribution in [1.29, 1.82) is 0 Å². The summed E-state index contributed by atoms with van der Waals surface area (Å²) in [6.07, 6.45) is 2.37. The van der Waals surface area contributed by atoms with Crippen molar-refractivity contribution in [3.05, 3.63) is 63.1 Å². The minimum atomic E-state index is -0.955. The van der Waals surface area contributed by atoms with Crippen molar-refractivity contribution >= 4 is 23.7 Å². The molecule has 0 saturated carbocycles. The molecule has 13 heteroatoms. The number of benzene rings is 1. The molecule has 1 aromatic carbocycles. The lowest BCUT2D eigenvalue weighted by Crippen LogP contribution is -2.49. The van der Waals surface area contributed by atoms with Crippen LogP contribution >= 0.6 is 0 Å². The minimum absolute atomic E-state index is 0. The molecule has 4 rings (SSSR count). The molecule has 2 atom stereocenters. The van der Waals surface area contributed by atoms with Gasteiger partial charge in [-0.1, -0.05) is 25.1 Å². The Morgan fingerprint density at radius 3 is 2.69 bits per heavy atom. The number of hydrogen-bond acceptors (Lipinski definition) is 8. The second kappa shape index (κ2) is 13.1. The van der Waals surface area contributed by atoms with Crippen LogP contribution in [0.5, 0.6) is 5.75 Å². The summed E-state index contributed by atoms with van der Waals surface area (Å²) in [5, 5.41) is 6.49. The number of halogens is 2. The maximum atomic E-state index is 14.2. The molecule has 1 N–H and O–H groups in total. The summed E-state index contributed by atoms with van der Waals surface area (Å²) in [6.45, 7) is 5.56. The van der Waals surface area contributed by atoms with Crippen LogP contribution in [0.2, 0.25) is 0 Å². The molecule has 2 amide bonds. The van der Waals surface area contributed by atoms with Gasteiger partial charge >= 0.3 is 5.97 Å². The molecule has 2 bridgehead atoms. The summed E-state index contributed by atoms with van der Waals surface area (Å²) in [5.74, 6) is -4.09. The number of nitrogens with one attached hydrogen (secondary N) is 1. The molecule has 2 aromatic rings. The second-order valence-corrected chi connectivity index (χ2v) is 10.8. The Bertz CT molecular complexity index is 1460. The van der Waals surface area contributed by atoms with Crippen LogP contribution in [0.4, 0.5) is 8.78 Å². The third-order valence-corrected chi connectivity index (χ3v) is 7.20. The van der Waals surface area contributed by atoms with Crippen LogP contribution in [0.1, 0.15) is 80.3 Å². The molecule has 0 unspecified atom stereocenters. The molecule has 0 spiro atoms. The molecule has 2 aliphatic heterocycles. The Morgan fingerprint density at radius 2 is 2.00 bits per heavy atom. The zero-order valence-corrected chi connectivity index (χ0v) is 23.9. The van der Waals surface area contributed by atoms with Gasteiger partial charge in [-0.2, -0.15) is 0 Å². The van der Waals surface area contributed by atoms with Crippen LogP contribution in [0, 0.1) is 17.6 Å². The van der Waals surface area contributed by atoms with Gasteiger partial charge in [0.05, 0.1) is 13.2 Å². The number of nitrogens with zero attached hydrogens (tertiary/aromatic N) is 3. The first-order chi connectivity index (χ1) is 20.0. The number of esters is 1. The van der Waals surface area contributed by atoms with Gasteiger partial charge in [0.25, 0.3) is 11.8 Å². The number of amides is 2. The second-order valence-electron chi connectivity index (χ2n) is 10.8. The van der Waals surface area contributed by atoms with Gasteiger partial charge in [0.1, 0.15) is 23.8 Å². The third kappa shape index (κ3) is 6.77. The van der Waals surface area contributed by atoms with Crippen molar-refractivity contribution in [3.63, 3.8) is 0 Å². The minimum Gasteiger partial charge on any atom is -0.482 e. The van der Waals surface area contributed by atoms with E-state index in [0.717, 1.165) is 6.07 Å². The monoisotopic (exact) mass is 590 g/mol. The smallest absolute Gasteiger partial charge is 0.311 e. The number of ether oxygens (including phenoxy) is 2. The molecular weight excluding hydrogens is 554 g/mol. The highest BCUT2D eigenvalue weighted by Gasteiger charge is 2.39. The molecule has 3 heterocycles. The average Bonchev–Trinajstić information content (AvgIpc) is 2.96. The number of hydrogen-bond donors (Lipinski definition) is 1. The fraction of sp³-hybridized carbons (Fsp3) is 0.483. The fourth-order valence-corrected chi connectivity index (χ4v) is 4.90. The normalized spacial score (nSPS) is 20.0. The highest BCUT2D eigenvalue weighted by atomic mass is 19.1. The molecular formula is C29H36F2N4O7. The summed E-state index contributed by atoms with van der Waals surface area (Å²) in [5.41, 5.74) is -1.49. The number of aromatic nitrogens is 1. The average molecular weight is 591 g/mol. The van der Waals surface area contributed by atoms with Crippen LogP contribution in [0.25, 0.3) is 0 Å². The molecule has 0 aliphatic carbocycles. The first-order valence-electron chi connectivity index (χ1n) is 13.8. The van der Waals surface area contributed by atoms with E-state index < -0.39 is 52.2 Å². The maximum Gasteiger partial charge on any atom is 0.311 e. The van der Waals surface area contributed by atoms with Gasteiger partial charge in [-0.05, 0) is 25.3 Å². The highest BCUT2D eigenvalue weighted by Crippen LogP contribution is 2.32. The maximum absolute atomic E-state index is 14.2. The van der Waals surface area contributed by atoms with Crippen molar-refractivity contribution < 1.29 is 38.9 Å². The van der Waals surface area contributed by atoms with Crippen LogP contribution < -0.4 is 15.5 Å². The van der Waals surface area contributed by atoms with Crippen molar-refractivity contribution in [1.82, 2.24) is 14.8 Å². The molecule has 0 fully saturated rings. The lowest BCUT2D eigenvalue weighted by Gasteiger charge is -2.39. The van der Waals surface area contributed by atoms with Gasteiger partial charge in [0.15, 0.2) is 5.69 Å². The summed E-state index contributed by atoms with van der Waals surface area (Å²) >= 11 is 0. The molecule has 11 nitrogen and oxygen atoms in total. The number of oxime groups is 1. The quantitative estimate of drug-likeness (QED) is 0.507. The SMILES string of the molecule is CO/C1=N/OCC[C@H](C)N2C[C@H](CC1)n1cc(C(=O)NCc3ccc(F)cc3F)c(=O)c(OC(=O)CC(C)C)c1C2=O.[HH]. The Balaban J connectivity index is 0.00000506. The van der Waals surface area contributed by atoms with Gasteiger partial charge in [-0.25, -0.2) is 8.78 Å². The topological polar surface area (TPSA) is 129 Å². The lowest BCUT2D eigenvalue weighted by atomic mass is 10.0. The van der Waals surface area contributed by atoms with Crippen LogP contribution in [-0.2, 0) is 20.9 Å². The molecule has 0 saturated heterocycles. The van der Waals surface area contributed by atoms with E-state index in [1.54, 1.807) is 18.7 Å². The van der Waals surface area contributed by atoms with E-state index in [1.165, 1.54) is 23.9 Å². The van der Waals surface area contributed by atoms with E-state index in [2.05, 4.69) is 10.5 Å². The fourth-order valence-electron chi connectivity index (χ4n) is 4.90. The molecule has 2 aliphatic rings. The Labute approximate surface area is 242 Å². The summed E-state index contributed by atoms with van der Waals surface area (Å²) in [6, 6.07) is 2.15. The predicted molar refractivity (Wildman–Crippen MR) is 149 cm³/mol. The van der Waals surface area contributed by atoms with Gasteiger partial charge in [-0.15, -0.1) is 0 Å². The van der Waals surface area contributed by atoms with Gasteiger partial charge in [-0.3, -0.25) is 19.2 Å². The Kier molecular flexibility index (Phi) is 9.59. The molecule has 228 valence electrons.